The highest BCUT2D eigenvalue weighted by Gasteiger charge is 2.20. The first-order chi connectivity index (χ1) is 9.63. The van der Waals surface area contributed by atoms with Crippen LogP contribution in [0, 0.1) is 0 Å². The number of nitrogens with zero attached hydrogens (tertiary/aromatic N) is 3. The molecule has 1 aromatic rings. The van der Waals surface area contributed by atoms with Gasteiger partial charge in [-0.05, 0) is 25.9 Å². The van der Waals surface area contributed by atoms with E-state index in [4.69, 9.17) is 4.74 Å². The third kappa shape index (κ3) is 3.84. The summed E-state index contributed by atoms with van der Waals surface area (Å²) < 4.78 is 5.38. The van der Waals surface area contributed by atoms with Crippen molar-refractivity contribution in [3.63, 3.8) is 0 Å². The van der Waals surface area contributed by atoms with E-state index in [0.717, 1.165) is 30.6 Å². The standard InChI is InChI=1S/C14H26N4OS/c1-5-18-8-6-7-11(10-18)15-9-12-13(19-4)16-14(20-12)17(2)3/h11,15H,5-10H2,1-4H3. The van der Waals surface area contributed by atoms with Crippen molar-refractivity contribution in [3.05, 3.63) is 4.88 Å². The summed E-state index contributed by atoms with van der Waals surface area (Å²) in [6.45, 7) is 6.61. The predicted molar refractivity (Wildman–Crippen MR) is 85.0 cm³/mol. The molecule has 1 fully saturated rings. The van der Waals surface area contributed by atoms with Gasteiger partial charge in [0.1, 0.15) is 0 Å². The number of hydrogen-bond acceptors (Lipinski definition) is 6. The molecule has 1 aromatic heterocycles. The van der Waals surface area contributed by atoms with Crippen LogP contribution in [-0.2, 0) is 6.54 Å². The van der Waals surface area contributed by atoms with Crippen molar-refractivity contribution in [1.82, 2.24) is 15.2 Å². The van der Waals surface area contributed by atoms with Gasteiger partial charge in [-0.25, -0.2) is 0 Å². The van der Waals surface area contributed by atoms with Gasteiger partial charge in [-0.1, -0.05) is 18.3 Å². The highest BCUT2D eigenvalue weighted by atomic mass is 32.1. The Morgan fingerprint density at radius 2 is 2.30 bits per heavy atom. The Morgan fingerprint density at radius 3 is 2.95 bits per heavy atom. The molecule has 5 nitrogen and oxygen atoms in total. The molecule has 1 N–H and O–H groups in total. The molecule has 114 valence electrons. The zero-order valence-electron chi connectivity index (χ0n) is 13.0. The van der Waals surface area contributed by atoms with Crippen molar-refractivity contribution in [3.8, 4) is 5.88 Å². The highest BCUT2D eigenvalue weighted by molar-refractivity contribution is 7.15. The lowest BCUT2D eigenvalue weighted by Gasteiger charge is -2.32. The molecule has 1 unspecified atom stereocenters. The van der Waals surface area contributed by atoms with Crippen LogP contribution < -0.4 is 15.0 Å². The summed E-state index contributed by atoms with van der Waals surface area (Å²) in [6.07, 6.45) is 2.55. The normalized spacial score (nSPS) is 20.1. The molecule has 0 radical (unpaired) electrons. The van der Waals surface area contributed by atoms with E-state index in [2.05, 4.69) is 22.1 Å². The first kappa shape index (κ1) is 15.5. The maximum absolute atomic E-state index is 5.38. The second kappa shape index (κ2) is 7.24. The molecule has 2 rings (SSSR count). The molecule has 0 bridgehead atoms. The monoisotopic (exact) mass is 298 g/mol. The molecule has 20 heavy (non-hydrogen) atoms. The van der Waals surface area contributed by atoms with Crippen molar-refractivity contribution in [2.45, 2.75) is 32.4 Å². The van der Waals surface area contributed by atoms with Crippen molar-refractivity contribution in [2.24, 2.45) is 0 Å². The maximum atomic E-state index is 5.38. The summed E-state index contributed by atoms with van der Waals surface area (Å²) in [5.41, 5.74) is 0. The van der Waals surface area contributed by atoms with E-state index in [1.807, 2.05) is 19.0 Å². The fourth-order valence-electron chi connectivity index (χ4n) is 2.53. The molecule has 6 heteroatoms. The maximum Gasteiger partial charge on any atom is 0.230 e. The summed E-state index contributed by atoms with van der Waals surface area (Å²) in [6, 6.07) is 0.582. The Labute approximate surface area is 125 Å². The van der Waals surface area contributed by atoms with Gasteiger partial charge in [0.2, 0.25) is 5.88 Å². The number of methoxy groups -OCH3 is 1. The van der Waals surface area contributed by atoms with Gasteiger partial charge in [0.15, 0.2) is 5.13 Å². The van der Waals surface area contributed by atoms with Crippen molar-refractivity contribution in [1.29, 1.82) is 0 Å². The quantitative estimate of drug-likeness (QED) is 0.867. The SMILES string of the molecule is CCN1CCCC(NCc2sc(N(C)C)nc2OC)C1. The largest absolute Gasteiger partial charge is 0.480 e. The third-order valence-corrected chi connectivity index (χ3v) is 4.93. The Bertz CT molecular complexity index is 421. The molecular weight excluding hydrogens is 272 g/mol. The summed E-state index contributed by atoms with van der Waals surface area (Å²) in [4.78, 5) is 10.2. The van der Waals surface area contributed by atoms with E-state index in [1.54, 1.807) is 18.4 Å². The van der Waals surface area contributed by atoms with E-state index in [9.17, 15) is 0 Å². The van der Waals surface area contributed by atoms with Crippen LogP contribution in [0.4, 0.5) is 5.13 Å². The van der Waals surface area contributed by atoms with Gasteiger partial charge in [0.05, 0.1) is 12.0 Å². The zero-order valence-corrected chi connectivity index (χ0v) is 13.8. The van der Waals surface area contributed by atoms with E-state index < -0.39 is 0 Å². The lowest BCUT2D eigenvalue weighted by atomic mass is 10.1. The Hall–Kier alpha value is -0.850. The first-order valence-corrected chi connectivity index (χ1v) is 8.12. The molecule has 0 saturated carbocycles. The third-order valence-electron chi connectivity index (χ3n) is 3.73. The van der Waals surface area contributed by atoms with Crippen LogP contribution >= 0.6 is 11.3 Å². The molecule has 0 aromatic carbocycles. The van der Waals surface area contributed by atoms with Crippen LogP contribution in [-0.4, -0.2) is 56.8 Å². The fourth-order valence-corrected chi connectivity index (χ4v) is 3.44. The number of thiazole rings is 1. The van der Waals surface area contributed by atoms with Crippen molar-refractivity contribution < 1.29 is 4.74 Å². The predicted octanol–water partition coefficient (Wildman–Crippen LogP) is 1.79. The number of aromatic nitrogens is 1. The lowest BCUT2D eigenvalue weighted by Crippen LogP contribution is -2.45. The fraction of sp³-hybridized carbons (Fsp3) is 0.786. The van der Waals surface area contributed by atoms with Gasteiger partial charge in [0, 0.05) is 33.2 Å². The molecule has 2 heterocycles. The van der Waals surface area contributed by atoms with Gasteiger partial charge in [-0.2, -0.15) is 4.98 Å². The minimum Gasteiger partial charge on any atom is -0.480 e. The van der Waals surface area contributed by atoms with Gasteiger partial charge >= 0.3 is 0 Å². The average Bonchev–Trinajstić information content (AvgIpc) is 2.89. The summed E-state index contributed by atoms with van der Waals surface area (Å²) >= 11 is 1.70. The van der Waals surface area contributed by atoms with E-state index in [0.29, 0.717) is 6.04 Å². The van der Waals surface area contributed by atoms with Crippen LogP contribution in [0.3, 0.4) is 0 Å². The van der Waals surface area contributed by atoms with Crippen molar-refractivity contribution >= 4 is 16.5 Å². The number of nitrogens with one attached hydrogen (secondary N) is 1. The number of anilines is 1. The van der Waals surface area contributed by atoms with Gasteiger partial charge < -0.3 is 19.9 Å². The second-order valence-electron chi connectivity index (χ2n) is 5.44. The number of rotatable bonds is 6. The van der Waals surface area contributed by atoms with Crippen LogP contribution in [0.5, 0.6) is 5.88 Å². The van der Waals surface area contributed by atoms with E-state index in [1.165, 1.54) is 24.3 Å². The molecule has 0 aliphatic carbocycles. The molecule has 1 aliphatic rings. The number of piperidine rings is 1. The van der Waals surface area contributed by atoms with Crippen LogP contribution in [0.15, 0.2) is 0 Å². The molecular formula is C14H26N4OS. The molecule has 0 spiro atoms. The Morgan fingerprint density at radius 1 is 1.50 bits per heavy atom. The van der Waals surface area contributed by atoms with Gasteiger partial charge in [-0.3, -0.25) is 0 Å². The topological polar surface area (TPSA) is 40.6 Å². The molecule has 0 amide bonds. The summed E-state index contributed by atoms with van der Waals surface area (Å²) in [5.74, 6) is 0.759. The number of hydrogen-bond donors (Lipinski definition) is 1. The van der Waals surface area contributed by atoms with Crippen LogP contribution in [0.25, 0.3) is 0 Å². The number of likely N-dealkylation sites (N-methyl/N-ethyl adjacent to an activating group) is 1. The van der Waals surface area contributed by atoms with Gasteiger partial charge in [-0.15, -0.1) is 0 Å². The molecule has 1 aliphatic heterocycles. The summed E-state index contributed by atoms with van der Waals surface area (Å²) in [5, 5.41) is 4.66. The minimum absolute atomic E-state index is 0.582. The second-order valence-corrected chi connectivity index (χ2v) is 6.50. The average molecular weight is 298 g/mol. The van der Waals surface area contributed by atoms with E-state index in [-0.39, 0.29) is 0 Å². The first-order valence-electron chi connectivity index (χ1n) is 7.30. The Kier molecular flexibility index (Phi) is 5.63. The molecule has 1 atom stereocenters. The number of ether oxygens (including phenoxy) is 1. The lowest BCUT2D eigenvalue weighted by molar-refractivity contribution is 0.198. The molecule has 1 saturated heterocycles. The van der Waals surface area contributed by atoms with Gasteiger partial charge in [0.25, 0.3) is 0 Å². The van der Waals surface area contributed by atoms with E-state index >= 15 is 0 Å². The smallest absolute Gasteiger partial charge is 0.230 e. The summed E-state index contributed by atoms with van der Waals surface area (Å²) in [7, 11) is 5.71. The van der Waals surface area contributed by atoms with Crippen LogP contribution in [0.1, 0.15) is 24.6 Å². The zero-order chi connectivity index (χ0) is 14.5. The van der Waals surface area contributed by atoms with Crippen molar-refractivity contribution in [2.75, 3.05) is 45.7 Å². The van der Waals surface area contributed by atoms with Crippen LogP contribution in [0.2, 0.25) is 0 Å². The highest BCUT2D eigenvalue weighted by Crippen LogP contribution is 2.30. The minimum atomic E-state index is 0.582. The Balaban J connectivity index is 1.92. The number of likely N-dealkylation sites (tertiary alicyclic amines) is 1.